The van der Waals surface area contributed by atoms with E-state index in [0.717, 1.165) is 10.8 Å². The van der Waals surface area contributed by atoms with Crippen LogP contribution in [0.3, 0.4) is 0 Å². The van der Waals surface area contributed by atoms with Gasteiger partial charge in [0, 0.05) is 24.1 Å². The number of rotatable bonds is 8. The molecular weight excluding hydrogens is 462 g/mol. The number of carbonyl (C=O) groups excluding carboxylic acids is 3. The summed E-state index contributed by atoms with van der Waals surface area (Å²) in [6, 6.07) is 16.4. The third kappa shape index (κ3) is 6.88. The van der Waals surface area contributed by atoms with Gasteiger partial charge in [0.05, 0.1) is 4.92 Å². The van der Waals surface area contributed by atoms with Crippen molar-refractivity contribution in [2.45, 2.75) is 51.8 Å². The Morgan fingerprint density at radius 3 is 2.22 bits per heavy atom. The molecule has 9 nitrogen and oxygen atoms in total. The summed E-state index contributed by atoms with van der Waals surface area (Å²) in [6.45, 7) is 6.67. The normalized spacial score (nSPS) is 12.9. The van der Waals surface area contributed by atoms with Crippen molar-refractivity contribution in [2.75, 3.05) is 0 Å². The molecule has 0 aliphatic rings. The number of nitrogens with one attached hydrogen (secondary N) is 2. The third-order valence-corrected chi connectivity index (χ3v) is 5.36. The molecule has 0 heterocycles. The van der Waals surface area contributed by atoms with Gasteiger partial charge in [0.25, 0.3) is 11.6 Å². The van der Waals surface area contributed by atoms with E-state index in [-0.39, 0.29) is 12.1 Å². The molecule has 188 valence electrons. The molecule has 0 saturated carbocycles. The standard InChI is InChI=1S/C27H29N3O6/c1-17(26(33)36-27(2,3)4)28-25(32)23(16-18-12-14-20(15-13-18)30(34)35)29-24(31)22-11-7-9-19-8-5-6-10-21(19)22/h5-15,17,23H,16H2,1-4H3,(H,28,32)(H,29,31)/t17?,23-/m0/s1. The smallest absolute Gasteiger partial charge is 0.328 e. The van der Waals surface area contributed by atoms with E-state index < -0.39 is 40.4 Å². The van der Waals surface area contributed by atoms with Crippen LogP contribution in [-0.4, -0.2) is 40.4 Å². The van der Waals surface area contributed by atoms with Crippen LogP contribution < -0.4 is 10.6 Å². The van der Waals surface area contributed by atoms with Crippen LogP contribution in [0, 0.1) is 10.1 Å². The number of fused-ring (bicyclic) bond motifs is 1. The first-order valence-corrected chi connectivity index (χ1v) is 11.5. The van der Waals surface area contributed by atoms with E-state index in [0.29, 0.717) is 11.1 Å². The van der Waals surface area contributed by atoms with Gasteiger partial charge < -0.3 is 15.4 Å². The summed E-state index contributed by atoms with van der Waals surface area (Å²) >= 11 is 0. The minimum atomic E-state index is -1.05. The quantitative estimate of drug-likeness (QED) is 0.279. The number of esters is 1. The molecule has 0 bridgehead atoms. The van der Waals surface area contributed by atoms with Gasteiger partial charge in [-0.05, 0) is 50.1 Å². The van der Waals surface area contributed by atoms with E-state index in [1.165, 1.54) is 31.2 Å². The Bertz CT molecular complexity index is 1280. The van der Waals surface area contributed by atoms with Crippen LogP contribution in [0.25, 0.3) is 10.8 Å². The minimum Gasteiger partial charge on any atom is -0.458 e. The Morgan fingerprint density at radius 1 is 0.944 bits per heavy atom. The van der Waals surface area contributed by atoms with Crippen molar-refractivity contribution in [1.29, 1.82) is 0 Å². The number of non-ortho nitro benzene ring substituents is 1. The molecule has 0 aliphatic heterocycles. The van der Waals surface area contributed by atoms with Gasteiger partial charge in [-0.2, -0.15) is 0 Å². The first-order valence-electron chi connectivity index (χ1n) is 11.5. The second-order valence-corrected chi connectivity index (χ2v) is 9.44. The number of benzene rings is 3. The van der Waals surface area contributed by atoms with Gasteiger partial charge in [-0.15, -0.1) is 0 Å². The van der Waals surface area contributed by atoms with Crippen LogP contribution in [0.5, 0.6) is 0 Å². The Hall–Kier alpha value is -4.27. The fourth-order valence-electron chi connectivity index (χ4n) is 3.62. The highest BCUT2D eigenvalue weighted by Crippen LogP contribution is 2.19. The lowest BCUT2D eigenvalue weighted by atomic mass is 10.0. The number of nitrogens with zero attached hydrogens (tertiary/aromatic N) is 1. The molecule has 3 aromatic carbocycles. The maximum atomic E-state index is 13.2. The highest BCUT2D eigenvalue weighted by Gasteiger charge is 2.28. The molecule has 2 N–H and O–H groups in total. The van der Waals surface area contributed by atoms with Crippen molar-refractivity contribution in [2.24, 2.45) is 0 Å². The molecular formula is C27H29N3O6. The van der Waals surface area contributed by atoms with Crippen LogP contribution in [0.2, 0.25) is 0 Å². The molecule has 0 spiro atoms. The van der Waals surface area contributed by atoms with Crippen LogP contribution in [0.15, 0.2) is 66.7 Å². The van der Waals surface area contributed by atoms with Crippen molar-refractivity contribution in [3.8, 4) is 0 Å². The molecule has 9 heteroatoms. The predicted octanol–water partition coefficient (Wildman–Crippen LogP) is 3.94. The fourth-order valence-corrected chi connectivity index (χ4v) is 3.62. The number of nitro groups is 1. The van der Waals surface area contributed by atoms with Gasteiger partial charge >= 0.3 is 5.97 Å². The van der Waals surface area contributed by atoms with Crippen LogP contribution in [0.4, 0.5) is 5.69 Å². The summed E-state index contributed by atoms with van der Waals surface area (Å²) in [4.78, 5) is 49.3. The first kappa shape index (κ1) is 26.3. The zero-order valence-electron chi connectivity index (χ0n) is 20.6. The lowest BCUT2D eigenvalue weighted by molar-refractivity contribution is -0.384. The maximum Gasteiger partial charge on any atom is 0.328 e. The van der Waals surface area contributed by atoms with E-state index in [1.54, 1.807) is 32.9 Å². The second-order valence-electron chi connectivity index (χ2n) is 9.44. The lowest BCUT2D eigenvalue weighted by Crippen LogP contribution is -2.52. The van der Waals surface area contributed by atoms with E-state index >= 15 is 0 Å². The number of ether oxygens (including phenoxy) is 1. The van der Waals surface area contributed by atoms with Crippen molar-refractivity contribution in [1.82, 2.24) is 10.6 Å². The summed E-state index contributed by atoms with van der Waals surface area (Å²) in [6.07, 6.45) is 0.0569. The van der Waals surface area contributed by atoms with E-state index in [2.05, 4.69) is 10.6 Å². The average Bonchev–Trinajstić information content (AvgIpc) is 2.82. The largest absolute Gasteiger partial charge is 0.458 e. The maximum absolute atomic E-state index is 13.2. The van der Waals surface area contributed by atoms with Crippen LogP contribution >= 0.6 is 0 Å². The molecule has 36 heavy (non-hydrogen) atoms. The number of amides is 2. The molecule has 0 radical (unpaired) electrons. The molecule has 1 unspecified atom stereocenters. The first-order chi connectivity index (χ1) is 16.9. The van der Waals surface area contributed by atoms with Crippen molar-refractivity contribution in [3.63, 3.8) is 0 Å². The number of nitro benzene ring substituents is 1. The Labute approximate surface area is 209 Å². The fraction of sp³-hybridized carbons (Fsp3) is 0.296. The Morgan fingerprint density at radius 2 is 1.58 bits per heavy atom. The number of carbonyl (C=O) groups is 3. The van der Waals surface area contributed by atoms with Gasteiger partial charge in [0.2, 0.25) is 5.91 Å². The van der Waals surface area contributed by atoms with Crippen molar-refractivity contribution >= 4 is 34.2 Å². The average molecular weight is 492 g/mol. The zero-order chi connectivity index (χ0) is 26.5. The van der Waals surface area contributed by atoms with E-state index in [4.69, 9.17) is 4.74 Å². The van der Waals surface area contributed by atoms with Crippen LogP contribution in [0.1, 0.15) is 43.6 Å². The van der Waals surface area contributed by atoms with Gasteiger partial charge in [-0.1, -0.05) is 48.5 Å². The molecule has 3 aromatic rings. The molecule has 0 aliphatic carbocycles. The van der Waals surface area contributed by atoms with Gasteiger partial charge in [-0.3, -0.25) is 19.7 Å². The molecule has 3 rings (SSSR count). The van der Waals surface area contributed by atoms with Gasteiger partial charge in [-0.25, -0.2) is 4.79 Å². The Balaban J connectivity index is 1.84. The molecule has 0 saturated heterocycles. The monoisotopic (exact) mass is 491 g/mol. The van der Waals surface area contributed by atoms with E-state index in [1.807, 2.05) is 30.3 Å². The third-order valence-electron chi connectivity index (χ3n) is 5.36. The summed E-state index contributed by atoms with van der Waals surface area (Å²) < 4.78 is 5.33. The van der Waals surface area contributed by atoms with Crippen LogP contribution in [-0.2, 0) is 20.7 Å². The highest BCUT2D eigenvalue weighted by molar-refractivity contribution is 6.08. The van der Waals surface area contributed by atoms with E-state index in [9.17, 15) is 24.5 Å². The lowest BCUT2D eigenvalue weighted by Gasteiger charge is -2.24. The number of hydrogen-bond donors (Lipinski definition) is 2. The summed E-state index contributed by atoms with van der Waals surface area (Å²) in [5.41, 5.74) is 0.188. The highest BCUT2D eigenvalue weighted by atomic mass is 16.6. The summed E-state index contributed by atoms with van der Waals surface area (Å²) in [5, 5.41) is 18.0. The van der Waals surface area contributed by atoms with Gasteiger partial charge in [0.1, 0.15) is 17.7 Å². The second kappa shape index (κ2) is 11.0. The van der Waals surface area contributed by atoms with Gasteiger partial charge in [0.15, 0.2) is 0 Å². The molecule has 0 aromatic heterocycles. The topological polar surface area (TPSA) is 128 Å². The Kier molecular flexibility index (Phi) is 8.03. The molecule has 0 fully saturated rings. The number of hydrogen-bond acceptors (Lipinski definition) is 6. The minimum absolute atomic E-state index is 0.0569. The summed E-state index contributed by atoms with van der Waals surface area (Å²) in [5.74, 6) is -1.65. The molecule has 2 atom stereocenters. The SMILES string of the molecule is CC(NC(=O)[C@H](Cc1ccc([N+](=O)[O-])cc1)NC(=O)c1cccc2ccccc12)C(=O)OC(C)(C)C. The van der Waals surface area contributed by atoms with Crippen molar-refractivity contribution in [3.05, 3.63) is 88.0 Å². The zero-order valence-corrected chi connectivity index (χ0v) is 20.6. The predicted molar refractivity (Wildman–Crippen MR) is 135 cm³/mol. The summed E-state index contributed by atoms with van der Waals surface area (Å²) in [7, 11) is 0. The molecule has 2 amide bonds. The van der Waals surface area contributed by atoms with Crippen molar-refractivity contribution < 1.29 is 24.0 Å².